The molecular weight excluding hydrogens is 374 g/mol. The molecule has 0 spiro atoms. The van der Waals surface area contributed by atoms with Gasteiger partial charge in [-0.1, -0.05) is 42.5 Å². The number of fused-ring (bicyclic) bond motifs is 1. The van der Waals surface area contributed by atoms with Crippen molar-refractivity contribution < 1.29 is 9.53 Å². The van der Waals surface area contributed by atoms with Crippen molar-refractivity contribution in [3.8, 4) is 5.75 Å². The molecule has 30 heavy (non-hydrogen) atoms. The van der Waals surface area contributed by atoms with Gasteiger partial charge in [-0.15, -0.1) is 0 Å². The second-order valence-electron chi connectivity index (χ2n) is 7.34. The number of aromatic nitrogens is 2. The Morgan fingerprint density at radius 2 is 1.80 bits per heavy atom. The van der Waals surface area contributed by atoms with E-state index in [-0.39, 0.29) is 11.9 Å². The quantitative estimate of drug-likeness (QED) is 0.480. The summed E-state index contributed by atoms with van der Waals surface area (Å²) in [5.41, 5.74) is 3.73. The largest absolute Gasteiger partial charge is 0.492 e. The van der Waals surface area contributed by atoms with Gasteiger partial charge in [0.1, 0.15) is 18.2 Å². The first-order valence-electron chi connectivity index (χ1n) is 10.1. The standard InChI is InChI=1S/C25H25N3O2/c1-18-9-8-12-21(17-18)30-16-15-28-23-14-7-6-13-22(23)27-24(28)19(2)26-25(29)20-10-4-3-5-11-20/h3-14,17,19H,15-16H2,1-2H3,(H,26,29). The number of carbonyl (C=O) groups excluding carboxylic acids is 1. The maximum atomic E-state index is 12.6. The Labute approximate surface area is 176 Å². The third kappa shape index (κ3) is 4.35. The number of hydrogen-bond acceptors (Lipinski definition) is 3. The molecule has 5 nitrogen and oxygen atoms in total. The van der Waals surface area contributed by atoms with E-state index in [0.717, 1.165) is 22.6 Å². The van der Waals surface area contributed by atoms with Gasteiger partial charge in [0.2, 0.25) is 0 Å². The van der Waals surface area contributed by atoms with E-state index in [1.165, 1.54) is 5.56 Å². The van der Waals surface area contributed by atoms with Crippen molar-refractivity contribution in [2.24, 2.45) is 0 Å². The molecule has 1 unspecified atom stereocenters. The lowest BCUT2D eigenvalue weighted by Gasteiger charge is -2.17. The predicted molar refractivity (Wildman–Crippen MR) is 119 cm³/mol. The van der Waals surface area contributed by atoms with Gasteiger partial charge in [-0.3, -0.25) is 4.79 Å². The zero-order valence-electron chi connectivity index (χ0n) is 17.2. The molecule has 152 valence electrons. The zero-order chi connectivity index (χ0) is 20.9. The van der Waals surface area contributed by atoms with E-state index >= 15 is 0 Å². The Balaban J connectivity index is 1.54. The molecule has 5 heteroatoms. The molecule has 0 aliphatic carbocycles. The molecule has 1 N–H and O–H groups in total. The van der Waals surface area contributed by atoms with Crippen LogP contribution >= 0.6 is 0 Å². The van der Waals surface area contributed by atoms with Crippen LogP contribution in [0.1, 0.15) is 34.7 Å². The lowest BCUT2D eigenvalue weighted by molar-refractivity contribution is 0.0937. The van der Waals surface area contributed by atoms with E-state index in [9.17, 15) is 4.79 Å². The Kier molecular flexibility index (Phi) is 5.80. The minimum absolute atomic E-state index is 0.113. The maximum absolute atomic E-state index is 12.6. The molecule has 0 radical (unpaired) electrons. The van der Waals surface area contributed by atoms with Crippen molar-refractivity contribution in [1.82, 2.24) is 14.9 Å². The van der Waals surface area contributed by atoms with E-state index < -0.39 is 0 Å². The molecule has 0 saturated carbocycles. The van der Waals surface area contributed by atoms with E-state index in [4.69, 9.17) is 9.72 Å². The summed E-state index contributed by atoms with van der Waals surface area (Å²) in [4.78, 5) is 17.4. The SMILES string of the molecule is Cc1cccc(OCCn2c(C(C)NC(=O)c3ccccc3)nc3ccccc32)c1. The fourth-order valence-corrected chi connectivity index (χ4v) is 3.55. The van der Waals surface area contributed by atoms with Crippen LogP contribution in [0.3, 0.4) is 0 Å². The molecule has 0 fully saturated rings. The normalized spacial score (nSPS) is 11.9. The molecule has 4 rings (SSSR count). The van der Waals surface area contributed by atoms with Gasteiger partial charge in [-0.25, -0.2) is 4.98 Å². The summed E-state index contributed by atoms with van der Waals surface area (Å²) in [5.74, 6) is 1.55. The van der Waals surface area contributed by atoms with Crippen LogP contribution in [0.25, 0.3) is 11.0 Å². The monoisotopic (exact) mass is 399 g/mol. The second kappa shape index (κ2) is 8.82. The average Bonchev–Trinajstić information content (AvgIpc) is 3.13. The fraction of sp³-hybridized carbons (Fsp3) is 0.200. The Morgan fingerprint density at radius 1 is 1.03 bits per heavy atom. The summed E-state index contributed by atoms with van der Waals surface area (Å²) >= 11 is 0. The molecule has 1 heterocycles. The third-order valence-corrected chi connectivity index (χ3v) is 5.03. The summed E-state index contributed by atoms with van der Waals surface area (Å²) in [6.07, 6.45) is 0. The first kappa shape index (κ1) is 19.7. The number of carbonyl (C=O) groups is 1. The van der Waals surface area contributed by atoms with Gasteiger partial charge in [0.15, 0.2) is 0 Å². The molecule has 0 aliphatic rings. The molecule has 4 aromatic rings. The van der Waals surface area contributed by atoms with Crippen LogP contribution in [-0.2, 0) is 6.54 Å². The Morgan fingerprint density at radius 3 is 2.60 bits per heavy atom. The van der Waals surface area contributed by atoms with Crippen LogP contribution in [0.5, 0.6) is 5.75 Å². The molecule has 3 aromatic carbocycles. The number of imidazole rings is 1. The van der Waals surface area contributed by atoms with Crippen molar-refractivity contribution in [3.05, 3.63) is 95.8 Å². The highest BCUT2D eigenvalue weighted by atomic mass is 16.5. The average molecular weight is 399 g/mol. The highest BCUT2D eigenvalue weighted by Crippen LogP contribution is 2.21. The number of benzene rings is 3. The smallest absolute Gasteiger partial charge is 0.251 e. The second-order valence-corrected chi connectivity index (χ2v) is 7.34. The molecule has 0 aliphatic heterocycles. The summed E-state index contributed by atoms with van der Waals surface area (Å²) in [5, 5.41) is 3.07. The van der Waals surface area contributed by atoms with Gasteiger partial charge in [-0.05, 0) is 55.8 Å². The van der Waals surface area contributed by atoms with Crippen LogP contribution in [-0.4, -0.2) is 22.1 Å². The number of hydrogen-bond donors (Lipinski definition) is 1. The first-order valence-corrected chi connectivity index (χ1v) is 10.1. The number of para-hydroxylation sites is 2. The van der Waals surface area contributed by atoms with Crippen molar-refractivity contribution in [2.45, 2.75) is 26.4 Å². The minimum atomic E-state index is -0.246. The number of rotatable bonds is 7. The first-order chi connectivity index (χ1) is 14.6. The maximum Gasteiger partial charge on any atom is 0.251 e. The van der Waals surface area contributed by atoms with Crippen LogP contribution in [0.15, 0.2) is 78.9 Å². The summed E-state index contributed by atoms with van der Waals surface area (Å²) in [6.45, 7) is 5.15. The Bertz CT molecular complexity index is 1150. The van der Waals surface area contributed by atoms with Gasteiger partial charge in [0, 0.05) is 5.56 Å². The van der Waals surface area contributed by atoms with E-state index in [0.29, 0.717) is 18.7 Å². The van der Waals surface area contributed by atoms with E-state index in [2.05, 4.69) is 9.88 Å². The highest BCUT2D eigenvalue weighted by molar-refractivity contribution is 5.94. The van der Waals surface area contributed by atoms with Gasteiger partial charge in [-0.2, -0.15) is 0 Å². The van der Waals surface area contributed by atoms with Gasteiger partial charge >= 0.3 is 0 Å². The van der Waals surface area contributed by atoms with Gasteiger partial charge < -0.3 is 14.6 Å². The lowest BCUT2D eigenvalue weighted by Crippen LogP contribution is -2.29. The van der Waals surface area contributed by atoms with Crippen LogP contribution < -0.4 is 10.1 Å². The molecule has 0 saturated heterocycles. The molecule has 0 bridgehead atoms. The van der Waals surface area contributed by atoms with E-state index in [1.54, 1.807) is 12.1 Å². The van der Waals surface area contributed by atoms with Gasteiger partial charge in [0.25, 0.3) is 5.91 Å². The van der Waals surface area contributed by atoms with E-state index in [1.807, 2.05) is 80.6 Å². The topological polar surface area (TPSA) is 56.1 Å². The lowest BCUT2D eigenvalue weighted by atomic mass is 10.2. The number of nitrogens with zero attached hydrogens (tertiary/aromatic N) is 2. The fourth-order valence-electron chi connectivity index (χ4n) is 3.55. The van der Waals surface area contributed by atoms with Crippen molar-refractivity contribution >= 4 is 16.9 Å². The summed E-state index contributed by atoms with van der Waals surface area (Å²) in [7, 11) is 0. The van der Waals surface area contributed by atoms with Crippen LogP contribution in [0, 0.1) is 6.92 Å². The highest BCUT2D eigenvalue weighted by Gasteiger charge is 2.19. The van der Waals surface area contributed by atoms with Crippen molar-refractivity contribution in [2.75, 3.05) is 6.61 Å². The summed E-state index contributed by atoms with van der Waals surface area (Å²) in [6, 6.07) is 25.0. The predicted octanol–water partition coefficient (Wildman–Crippen LogP) is 4.91. The number of ether oxygens (including phenoxy) is 1. The number of aryl methyl sites for hydroxylation is 1. The molecule has 1 aromatic heterocycles. The van der Waals surface area contributed by atoms with Gasteiger partial charge in [0.05, 0.1) is 23.6 Å². The molecule has 1 amide bonds. The third-order valence-electron chi connectivity index (χ3n) is 5.03. The molecule has 1 atom stereocenters. The minimum Gasteiger partial charge on any atom is -0.492 e. The van der Waals surface area contributed by atoms with Crippen LogP contribution in [0.2, 0.25) is 0 Å². The zero-order valence-corrected chi connectivity index (χ0v) is 17.2. The van der Waals surface area contributed by atoms with Crippen LogP contribution in [0.4, 0.5) is 0 Å². The summed E-state index contributed by atoms with van der Waals surface area (Å²) < 4.78 is 8.08. The Hall–Kier alpha value is -3.60. The number of amides is 1. The van der Waals surface area contributed by atoms with Crippen molar-refractivity contribution in [3.63, 3.8) is 0 Å². The van der Waals surface area contributed by atoms with Crippen molar-refractivity contribution in [1.29, 1.82) is 0 Å². The molecular formula is C25H25N3O2. The number of nitrogens with one attached hydrogen (secondary N) is 1.